The first-order valence-corrected chi connectivity index (χ1v) is 7.77. The SMILES string of the molecule is Cc1ccc(S(=O)(=O)Nc2c(Cl)cc(F)cc2Cl)cc1. The fraction of sp³-hybridized carbons (Fsp3) is 0.0769. The van der Waals surface area contributed by atoms with Crippen LogP contribution in [0.15, 0.2) is 41.3 Å². The van der Waals surface area contributed by atoms with E-state index in [1.165, 1.54) is 12.1 Å². The maximum absolute atomic E-state index is 13.1. The van der Waals surface area contributed by atoms with Crippen molar-refractivity contribution in [3.63, 3.8) is 0 Å². The Balaban J connectivity index is 2.41. The molecular weight excluding hydrogens is 324 g/mol. The number of benzene rings is 2. The lowest BCUT2D eigenvalue weighted by atomic mass is 10.2. The lowest BCUT2D eigenvalue weighted by molar-refractivity contribution is 0.601. The van der Waals surface area contributed by atoms with Crippen LogP contribution in [0.5, 0.6) is 0 Å². The minimum atomic E-state index is -3.83. The number of hydrogen-bond acceptors (Lipinski definition) is 2. The molecule has 20 heavy (non-hydrogen) atoms. The highest BCUT2D eigenvalue weighted by atomic mass is 35.5. The van der Waals surface area contributed by atoms with Crippen molar-refractivity contribution < 1.29 is 12.8 Å². The first-order chi connectivity index (χ1) is 9.29. The van der Waals surface area contributed by atoms with Crippen LogP contribution in [0.3, 0.4) is 0 Å². The Hall–Kier alpha value is -1.30. The quantitative estimate of drug-likeness (QED) is 0.912. The van der Waals surface area contributed by atoms with Crippen molar-refractivity contribution >= 4 is 38.9 Å². The molecule has 0 amide bonds. The third-order valence-corrected chi connectivity index (χ3v) is 4.54. The smallest absolute Gasteiger partial charge is 0.261 e. The van der Waals surface area contributed by atoms with Crippen LogP contribution < -0.4 is 4.72 Å². The van der Waals surface area contributed by atoms with E-state index in [1.807, 2.05) is 6.92 Å². The third kappa shape index (κ3) is 3.23. The van der Waals surface area contributed by atoms with E-state index in [2.05, 4.69) is 4.72 Å². The van der Waals surface area contributed by atoms with Crippen molar-refractivity contribution in [2.75, 3.05) is 4.72 Å². The molecule has 106 valence electrons. The zero-order valence-corrected chi connectivity index (χ0v) is 12.7. The van der Waals surface area contributed by atoms with Gasteiger partial charge < -0.3 is 0 Å². The molecule has 0 bridgehead atoms. The van der Waals surface area contributed by atoms with E-state index in [4.69, 9.17) is 23.2 Å². The lowest BCUT2D eigenvalue weighted by Gasteiger charge is -2.11. The molecule has 0 atom stereocenters. The van der Waals surface area contributed by atoms with Gasteiger partial charge in [0, 0.05) is 0 Å². The highest BCUT2D eigenvalue weighted by molar-refractivity contribution is 7.92. The number of hydrogen-bond donors (Lipinski definition) is 1. The normalized spacial score (nSPS) is 11.4. The van der Waals surface area contributed by atoms with Crippen molar-refractivity contribution in [3.8, 4) is 0 Å². The molecule has 0 aliphatic carbocycles. The van der Waals surface area contributed by atoms with Crippen molar-refractivity contribution in [2.45, 2.75) is 11.8 Å². The van der Waals surface area contributed by atoms with Gasteiger partial charge in [-0.25, -0.2) is 12.8 Å². The standard InChI is InChI=1S/C13H10Cl2FNO2S/c1-8-2-4-10(5-3-8)20(18,19)17-13-11(14)6-9(16)7-12(13)15/h2-7,17H,1H3. The van der Waals surface area contributed by atoms with Gasteiger partial charge >= 0.3 is 0 Å². The summed E-state index contributed by atoms with van der Waals surface area (Å²) in [5, 5.41) is -0.212. The topological polar surface area (TPSA) is 46.2 Å². The molecule has 0 radical (unpaired) electrons. The Morgan fingerprint density at radius 1 is 1.05 bits per heavy atom. The number of sulfonamides is 1. The van der Waals surface area contributed by atoms with Crippen molar-refractivity contribution in [2.24, 2.45) is 0 Å². The number of nitrogens with one attached hydrogen (secondary N) is 1. The summed E-state index contributed by atoms with van der Waals surface area (Å²) in [6.07, 6.45) is 0. The second kappa shape index (κ2) is 5.60. The molecule has 3 nitrogen and oxygen atoms in total. The highest BCUT2D eigenvalue weighted by Crippen LogP contribution is 2.33. The fourth-order valence-electron chi connectivity index (χ4n) is 1.55. The Kier molecular flexibility index (Phi) is 4.22. The molecule has 0 spiro atoms. The van der Waals surface area contributed by atoms with Crippen LogP contribution in [0.4, 0.5) is 10.1 Å². The summed E-state index contributed by atoms with van der Waals surface area (Å²) in [7, 11) is -3.83. The van der Waals surface area contributed by atoms with Crippen LogP contribution in [-0.2, 0) is 10.0 Å². The zero-order valence-electron chi connectivity index (χ0n) is 10.3. The minimum Gasteiger partial charge on any atom is -0.277 e. The van der Waals surface area contributed by atoms with Gasteiger partial charge in [-0.05, 0) is 31.2 Å². The van der Waals surface area contributed by atoms with E-state index in [1.54, 1.807) is 12.1 Å². The average molecular weight is 334 g/mol. The van der Waals surface area contributed by atoms with E-state index >= 15 is 0 Å². The van der Waals surface area contributed by atoms with Gasteiger partial charge in [0.15, 0.2) is 0 Å². The van der Waals surface area contributed by atoms with Gasteiger partial charge in [-0.2, -0.15) is 0 Å². The van der Waals surface area contributed by atoms with Crippen LogP contribution in [0.25, 0.3) is 0 Å². The van der Waals surface area contributed by atoms with E-state index < -0.39 is 15.8 Å². The lowest BCUT2D eigenvalue weighted by Crippen LogP contribution is -2.13. The third-order valence-electron chi connectivity index (χ3n) is 2.57. The van der Waals surface area contributed by atoms with E-state index in [9.17, 15) is 12.8 Å². The molecule has 1 N–H and O–H groups in total. The Labute approximate surface area is 126 Å². The maximum atomic E-state index is 13.1. The van der Waals surface area contributed by atoms with Gasteiger partial charge in [0.2, 0.25) is 0 Å². The molecule has 0 aliphatic heterocycles. The Bertz CT molecular complexity index is 722. The van der Waals surface area contributed by atoms with Crippen LogP contribution in [0, 0.1) is 12.7 Å². The van der Waals surface area contributed by atoms with Gasteiger partial charge in [-0.1, -0.05) is 40.9 Å². The number of rotatable bonds is 3. The highest BCUT2D eigenvalue weighted by Gasteiger charge is 2.18. The summed E-state index contributed by atoms with van der Waals surface area (Å²) in [4.78, 5) is 0.0690. The second-order valence-corrected chi connectivity index (χ2v) is 6.66. The molecule has 2 aromatic carbocycles. The minimum absolute atomic E-state index is 0.0460. The second-order valence-electron chi connectivity index (χ2n) is 4.16. The summed E-state index contributed by atoms with van der Waals surface area (Å²) in [6, 6.07) is 8.23. The molecule has 0 heterocycles. The predicted octanol–water partition coefficient (Wildman–Crippen LogP) is 4.24. The molecule has 0 aliphatic rings. The summed E-state index contributed by atoms with van der Waals surface area (Å²) >= 11 is 11.6. The molecule has 2 aromatic rings. The van der Waals surface area contributed by atoms with Crippen molar-refractivity contribution in [1.29, 1.82) is 0 Å². The van der Waals surface area contributed by atoms with Crippen LogP contribution >= 0.6 is 23.2 Å². The molecule has 0 aromatic heterocycles. The monoisotopic (exact) mass is 333 g/mol. The molecule has 0 saturated heterocycles. The molecular formula is C13H10Cl2FNO2S. The van der Waals surface area contributed by atoms with Gasteiger partial charge in [0.25, 0.3) is 10.0 Å². The van der Waals surface area contributed by atoms with Gasteiger partial charge in [-0.15, -0.1) is 0 Å². The van der Waals surface area contributed by atoms with Gasteiger partial charge in [0.05, 0.1) is 20.6 Å². The molecule has 7 heteroatoms. The van der Waals surface area contributed by atoms with E-state index in [-0.39, 0.29) is 20.6 Å². The zero-order chi connectivity index (χ0) is 14.9. The number of halogens is 3. The van der Waals surface area contributed by atoms with E-state index in [0.29, 0.717) is 0 Å². The first-order valence-electron chi connectivity index (χ1n) is 5.53. The van der Waals surface area contributed by atoms with Crippen LogP contribution in [0.2, 0.25) is 10.0 Å². The molecule has 0 fully saturated rings. The average Bonchev–Trinajstić information content (AvgIpc) is 2.34. The van der Waals surface area contributed by atoms with Crippen LogP contribution in [-0.4, -0.2) is 8.42 Å². The molecule has 2 rings (SSSR count). The largest absolute Gasteiger partial charge is 0.277 e. The van der Waals surface area contributed by atoms with Crippen molar-refractivity contribution in [1.82, 2.24) is 0 Å². The Morgan fingerprint density at radius 3 is 2.05 bits per heavy atom. The first kappa shape index (κ1) is 15.1. The summed E-state index contributed by atoms with van der Waals surface area (Å²) < 4.78 is 39.7. The van der Waals surface area contributed by atoms with Crippen molar-refractivity contribution in [3.05, 3.63) is 57.8 Å². The molecule has 0 unspecified atom stereocenters. The number of anilines is 1. The van der Waals surface area contributed by atoms with E-state index in [0.717, 1.165) is 17.7 Å². The van der Waals surface area contributed by atoms with Crippen LogP contribution in [0.1, 0.15) is 5.56 Å². The fourth-order valence-corrected chi connectivity index (χ4v) is 3.32. The number of aryl methyl sites for hydroxylation is 1. The van der Waals surface area contributed by atoms with Gasteiger partial charge in [0.1, 0.15) is 5.82 Å². The van der Waals surface area contributed by atoms with Gasteiger partial charge in [-0.3, -0.25) is 4.72 Å². The summed E-state index contributed by atoms with van der Waals surface area (Å²) in [5.74, 6) is -0.640. The Morgan fingerprint density at radius 2 is 1.55 bits per heavy atom. The maximum Gasteiger partial charge on any atom is 0.261 e. The molecule has 0 saturated carbocycles. The summed E-state index contributed by atoms with van der Waals surface area (Å²) in [6.45, 7) is 1.84. The predicted molar refractivity (Wildman–Crippen MR) is 78.4 cm³/mol. The summed E-state index contributed by atoms with van der Waals surface area (Å²) in [5.41, 5.74) is 0.886.